The van der Waals surface area contributed by atoms with Crippen molar-refractivity contribution in [3.05, 3.63) is 28.5 Å². The molecule has 0 radical (unpaired) electrons. The molecule has 14 heavy (non-hydrogen) atoms. The Morgan fingerprint density at radius 1 is 1.57 bits per heavy atom. The smallest absolute Gasteiger partial charge is 0.0435 e. The number of nitrogens with zero attached hydrogens (tertiary/aromatic N) is 2. The van der Waals surface area contributed by atoms with Crippen molar-refractivity contribution in [3.8, 4) is 0 Å². The molecule has 1 rings (SSSR count). The lowest BCUT2D eigenvalue weighted by atomic mass is 10.2. The van der Waals surface area contributed by atoms with Crippen molar-refractivity contribution < 1.29 is 0 Å². The topological polar surface area (TPSA) is 16.1 Å². The molecular formula is C10H14BrClN2. The molecule has 0 saturated carbocycles. The van der Waals surface area contributed by atoms with E-state index in [9.17, 15) is 0 Å². The molecule has 2 nitrogen and oxygen atoms in total. The van der Waals surface area contributed by atoms with E-state index in [2.05, 4.69) is 38.9 Å². The Morgan fingerprint density at radius 2 is 2.29 bits per heavy atom. The van der Waals surface area contributed by atoms with Crippen LogP contribution in [0.1, 0.15) is 12.5 Å². The second kappa shape index (κ2) is 5.69. The Bertz CT molecular complexity index is 291. The van der Waals surface area contributed by atoms with Crippen molar-refractivity contribution in [1.29, 1.82) is 0 Å². The van der Waals surface area contributed by atoms with Crippen LogP contribution in [0.5, 0.6) is 0 Å². The van der Waals surface area contributed by atoms with E-state index in [0.717, 1.165) is 17.6 Å². The second-order valence-corrected chi connectivity index (χ2v) is 5.15. The van der Waals surface area contributed by atoms with Crippen molar-refractivity contribution in [3.63, 3.8) is 0 Å². The molecule has 0 amide bonds. The molecule has 0 aromatic carbocycles. The van der Waals surface area contributed by atoms with E-state index in [1.165, 1.54) is 5.56 Å². The van der Waals surface area contributed by atoms with Crippen molar-refractivity contribution in [2.75, 3.05) is 13.6 Å². The number of hydrogen-bond donors (Lipinski definition) is 0. The van der Waals surface area contributed by atoms with Crippen LogP contribution in [0.2, 0.25) is 0 Å². The largest absolute Gasteiger partial charge is 0.301 e. The molecule has 0 fully saturated rings. The van der Waals surface area contributed by atoms with Gasteiger partial charge in [0, 0.05) is 35.3 Å². The van der Waals surface area contributed by atoms with E-state index in [1.807, 2.05) is 13.1 Å². The molecule has 1 heterocycles. The summed E-state index contributed by atoms with van der Waals surface area (Å²) >= 11 is 9.30. The monoisotopic (exact) mass is 276 g/mol. The maximum Gasteiger partial charge on any atom is 0.0435 e. The van der Waals surface area contributed by atoms with Crippen LogP contribution in [0.3, 0.4) is 0 Å². The average Bonchev–Trinajstić information content (AvgIpc) is 2.01. The fourth-order valence-electron chi connectivity index (χ4n) is 1.35. The van der Waals surface area contributed by atoms with E-state index in [-0.39, 0.29) is 5.38 Å². The Morgan fingerprint density at radius 3 is 2.86 bits per heavy atom. The standard InChI is InChI=1S/C10H14BrClN2/c1-8(12)6-14(2)7-9-3-10(11)5-13-4-9/h3-5,8H,6-7H2,1-2H3. The molecule has 78 valence electrons. The van der Waals surface area contributed by atoms with E-state index in [0.29, 0.717) is 0 Å². The van der Waals surface area contributed by atoms with Crippen LogP contribution in [-0.4, -0.2) is 28.9 Å². The maximum absolute atomic E-state index is 5.90. The highest BCUT2D eigenvalue weighted by Crippen LogP contribution is 2.11. The van der Waals surface area contributed by atoms with Gasteiger partial charge in [-0.2, -0.15) is 0 Å². The minimum absolute atomic E-state index is 0.181. The summed E-state index contributed by atoms with van der Waals surface area (Å²) in [4.78, 5) is 6.29. The molecular weight excluding hydrogens is 263 g/mol. The minimum atomic E-state index is 0.181. The predicted molar refractivity (Wildman–Crippen MR) is 63.6 cm³/mol. The van der Waals surface area contributed by atoms with Crippen LogP contribution in [-0.2, 0) is 6.54 Å². The molecule has 4 heteroatoms. The number of hydrogen-bond acceptors (Lipinski definition) is 2. The molecule has 1 aromatic heterocycles. The first-order chi connectivity index (χ1) is 6.58. The Kier molecular flexibility index (Phi) is 4.85. The molecule has 0 N–H and O–H groups in total. The number of pyridine rings is 1. The summed E-state index contributed by atoms with van der Waals surface area (Å²) in [6, 6.07) is 2.07. The van der Waals surface area contributed by atoms with Crippen molar-refractivity contribution in [1.82, 2.24) is 9.88 Å². The van der Waals surface area contributed by atoms with Crippen molar-refractivity contribution >= 4 is 27.5 Å². The third kappa shape index (κ3) is 4.40. The molecule has 0 bridgehead atoms. The van der Waals surface area contributed by atoms with Gasteiger partial charge in [0.2, 0.25) is 0 Å². The zero-order valence-electron chi connectivity index (χ0n) is 8.37. The van der Waals surface area contributed by atoms with Gasteiger partial charge in [-0.05, 0) is 41.5 Å². The van der Waals surface area contributed by atoms with Gasteiger partial charge in [0.05, 0.1) is 0 Å². The summed E-state index contributed by atoms with van der Waals surface area (Å²) in [5, 5.41) is 0.181. The summed E-state index contributed by atoms with van der Waals surface area (Å²) in [5.74, 6) is 0. The lowest BCUT2D eigenvalue weighted by Gasteiger charge is -2.17. The Labute approximate surface area is 98.4 Å². The van der Waals surface area contributed by atoms with E-state index in [4.69, 9.17) is 11.6 Å². The molecule has 0 aliphatic carbocycles. The Hall–Kier alpha value is -0.120. The van der Waals surface area contributed by atoms with Gasteiger partial charge in [0.25, 0.3) is 0 Å². The van der Waals surface area contributed by atoms with Gasteiger partial charge in [0.1, 0.15) is 0 Å². The van der Waals surface area contributed by atoms with Gasteiger partial charge in [0.15, 0.2) is 0 Å². The van der Waals surface area contributed by atoms with Gasteiger partial charge in [-0.3, -0.25) is 4.98 Å². The molecule has 0 aliphatic rings. The fraction of sp³-hybridized carbons (Fsp3) is 0.500. The highest BCUT2D eigenvalue weighted by atomic mass is 79.9. The number of halogens is 2. The molecule has 1 aromatic rings. The quantitative estimate of drug-likeness (QED) is 0.787. The predicted octanol–water partition coefficient (Wildman–Crippen LogP) is 2.90. The van der Waals surface area contributed by atoms with Gasteiger partial charge < -0.3 is 4.90 Å². The molecule has 0 saturated heterocycles. The van der Waals surface area contributed by atoms with E-state index >= 15 is 0 Å². The fourth-order valence-corrected chi connectivity index (χ4v) is 2.00. The lowest BCUT2D eigenvalue weighted by molar-refractivity contribution is 0.329. The van der Waals surface area contributed by atoms with Crippen LogP contribution in [0.4, 0.5) is 0 Å². The average molecular weight is 278 g/mol. The third-order valence-corrected chi connectivity index (χ3v) is 2.35. The van der Waals surface area contributed by atoms with E-state index < -0.39 is 0 Å². The summed E-state index contributed by atoms with van der Waals surface area (Å²) in [5.41, 5.74) is 1.19. The summed E-state index contributed by atoms with van der Waals surface area (Å²) in [6.45, 7) is 3.76. The molecule has 0 aliphatic heterocycles. The summed E-state index contributed by atoms with van der Waals surface area (Å²) in [6.07, 6.45) is 3.66. The van der Waals surface area contributed by atoms with Crippen LogP contribution < -0.4 is 0 Å². The SMILES string of the molecule is CC(Cl)CN(C)Cc1cncc(Br)c1. The van der Waals surface area contributed by atoms with Gasteiger partial charge in [-0.25, -0.2) is 0 Å². The van der Waals surface area contributed by atoms with Crippen molar-refractivity contribution in [2.45, 2.75) is 18.8 Å². The first kappa shape index (κ1) is 12.0. The number of rotatable bonds is 4. The van der Waals surface area contributed by atoms with Crippen LogP contribution in [0.25, 0.3) is 0 Å². The zero-order chi connectivity index (χ0) is 10.6. The highest BCUT2D eigenvalue weighted by Gasteiger charge is 2.04. The number of alkyl halides is 1. The number of aromatic nitrogens is 1. The molecule has 0 spiro atoms. The van der Waals surface area contributed by atoms with E-state index in [1.54, 1.807) is 6.20 Å². The second-order valence-electron chi connectivity index (χ2n) is 3.49. The molecule has 1 atom stereocenters. The third-order valence-electron chi connectivity index (χ3n) is 1.78. The van der Waals surface area contributed by atoms with Crippen molar-refractivity contribution in [2.24, 2.45) is 0 Å². The lowest BCUT2D eigenvalue weighted by Crippen LogP contribution is -2.24. The molecule has 1 unspecified atom stereocenters. The van der Waals surface area contributed by atoms with Crippen LogP contribution in [0.15, 0.2) is 22.9 Å². The van der Waals surface area contributed by atoms with Crippen LogP contribution >= 0.6 is 27.5 Å². The first-order valence-electron chi connectivity index (χ1n) is 4.50. The van der Waals surface area contributed by atoms with Gasteiger partial charge >= 0.3 is 0 Å². The summed E-state index contributed by atoms with van der Waals surface area (Å²) < 4.78 is 1.02. The summed E-state index contributed by atoms with van der Waals surface area (Å²) in [7, 11) is 2.06. The van der Waals surface area contributed by atoms with Gasteiger partial charge in [-0.1, -0.05) is 0 Å². The highest BCUT2D eigenvalue weighted by molar-refractivity contribution is 9.10. The zero-order valence-corrected chi connectivity index (χ0v) is 10.7. The Balaban J connectivity index is 2.51. The minimum Gasteiger partial charge on any atom is -0.301 e. The maximum atomic E-state index is 5.90. The first-order valence-corrected chi connectivity index (χ1v) is 5.73. The normalized spacial score (nSPS) is 13.2. The van der Waals surface area contributed by atoms with Crippen LogP contribution in [0, 0.1) is 0 Å². The van der Waals surface area contributed by atoms with Gasteiger partial charge in [-0.15, -0.1) is 11.6 Å².